The van der Waals surface area contributed by atoms with Crippen molar-refractivity contribution >= 4 is 35.0 Å². The summed E-state index contributed by atoms with van der Waals surface area (Å²) in [6.07, 6.45) is 9.28. The maximum absolute atomic E-state index is 5.54. The highest BCUT2D eigenvalue weighted by Gasteiger charge is 2.19. The minimum Gasteiger partial charge on any atom is -0.454 e. The number of ether oxygens (including phenoxy) is 2. The molecular weight excluding hydrogens is 396 g/mol. The van der Waals surface area contributed by atoms with E-state index in [0.717, 1.165) is 39.0 Å². The molecule has 0 spiro atoms. The van der Waals surface area contributed by atoms with Crippen LogP contribution in [0.15, 0.2) is 66.4 Å². The highest BCUT2D eigenvalue weighted by atomic mass is 32.1. The quantitative estimate of drug-likeness (QED) is 0.444. The molecule has 0 atom stereocenters. The monoisotopic (exact) mass is 414 g/mol. The van der Waals surface area contributed by atoms with E-state index in [1.54, 1.807) is 23.7 Å². The van der Waals surface area contributed by atoms with Crippen molar-refractivity contribution in [3.8, 4) is 21.9 Å². The van der Waals surface area contributed by atoms with Gasteiger partial charge in [0.05, 0.1) is 5.56 Å². The lowest BCUT2D eigenvalue weighted by Crippen LogP contribution is -2.13. The molecule has 30 heavy (non-hydrogen) atoms. The van der Waals surface area contributed by atoms with Crippen LogP contribution in [0.25, 0.3) is 22.6 Å². The number of pyridine rings is 1. The zero-order chi connectivity index (χ0) is 20.3. The van der Waals surface area contributed by atoms with Crippen molar-refractivity contribution in [2.45, 2.75) is 0 Å². The number of nitrogens with zero attached hydrogens (tertiary/aromatic N) is 4. The Labute approximate surface area is 178 Å². The van der Waals surface area contributed by atoms with Crippen LogP contribution in [-0.2, 0) is 0 Å². The number of aromatic nitrogens is 3. The number of benzene rings is 1. The summed E-state index contributed by atoms with van der Waals surface area (Å²) < 4.78 is 11.0. The summed E-state index contributed by atoms with van der Waals surface area (Å²) in [5.74, 6) is 2.94. The first kappa shape index (κ1) is 18.3. The Kier molecular flexibility index (Phi) is 4.86. The lowest BCUT2D eigenvalue weighted by atomic mass is 10.2. The zero-order valence-electron chi connectivity index (χ0n) is 16.2. The van der Waals surface area contributed by atoms with Crippen LogP contribution in [0, 0.1) is 0 Å². The Morgan fingerprint density at radius 3 is 2.80 bits per heavy atom. The van der Waals surface area contributed by atoms with Gasteiger partial charge in [-0.05, 0) is 47.4 Å². The smallest absolute Gasteiger partial charge is 0.231 e. The summed E-state index contributed by atoms with van der Waals surface area (Å²) in [7, 11) is 1.99. The van der Waals surface area contributed by atoms with Gasteiger partial charge in [0.2, 0.25) is 6.79 Å². The Balaban J connectivity index is 1.54. The molecule has 0 N–H and O–H groups in total. The van der Waals surface area contributed by atoms with Gasteiger partial charge in [0.25, 0.3) is 0 Å². The molecule has 1 aliphatic rings. The number of fused-ring (bicyclic) bond motifs is 1. The van der Waals surface area contributed by atoms with Gasteiger partial charge in [0.15, 0.2) is 17.3 Å². The molecule has 0 amide bonds. The number of thiophene rings is 1. The molecule has 0 saturated carbocycles. The summed E-state index contributed by atoms with van der Waals surface area (Å²) in [5, 5.41) is 2.05. The van der Waals surface area contributed by atoms with Gasteiger partial charge in [-0.25, -0.2) is 9.97 Å². The van der Waals surface area contributed by atoms with E-state index in [1.807, 2.05) is 66.7 Å². The molecule has 6 nitrogen and oxygen atoms in total. The Morgan fingerprint density at radius 1 is 1.03 bits per heavy atom. The van der Waals surface area contributed by atoms with Gasteiger partial charge in [-0.1, -0.05) is 12.1 Å². The summed E-state index contributed by atoms with van der Waals surface area (Å²) in [6.45, 7) is 0.250. The molecule has 148 valence electrons. The van der Waals surface area contributed by atoms with Crippen LogP contribution in [0.2, 0.25) is 0 Å². The third-order valence-electron chi connectivity index (χ3n) is 4.74. The highest BCUT2D eigenvalue weighted by molar-refractivity contribution is 7.13. The average Bonchev–Trinajstić information content (AvgIpc) is 3.49. The topological polar surface area (TPSA) is 60.4 Å². The SMILES string of the molecule is CN(c1ccc2c(c1)OCO2)c1nc(C=Cc2cccnc2)ncc1-c1cccs1. The number of hydrogen-bond donors (Lipinski definition) is 0. The predicted octanol–water partition coefficient (Wildman–Crippen LogP) is 5.27. The van der Waals surface area contributed by atoms with E-state index in [4.69, 9.17) is 14.5 Å². The van der Waals surface area contributed by atoms with Crippen molar-refractivity contribution in [2.24, 2.45) is 0 Å². The van der Waals surface area contributed by atoms with Gasteiger partial charge >= 0.3 is 0 Å². The molecule has 0 radical (unpaired) electrons. The van der Waals surface area contributed by atoms with Crippen molar-refractivity contribution in [1.29, 1.82) is 0 Å². The van der Waals surface area contributed by atoms with E-state index in [1.165, 1.54) is 0 Å². The van der Waals surface area contributed by atoms with E-state index < -0.39 is 0 Å². The van der Waals surface area contributed by atoms with Crippen molar-refractivity contribution in [1.82, 2.24) is 15.0 Å². The largest absolute Gasteiger partial charge is 0.454 e. The van der Waals surface area contributed by atoms with E-state index in [2.05, 4.69) is 21.4 Å². The standard InChI is InChI=1S/C23H18N4O2S/c1-27(17-7-8-19-20(12-17)29-15-28-19)23-18(21-5-3-11-30-21)14-25-22(26-23)9-6-16-4-2-10-24-13-16/h2-14H,15H2,1H3. The molecule has 5 rings (SSSR count). The van der Waals surface area contributed by atoms with Crippen molar-refractivity contribution in [3.63, 3.8) is 0 Å². The molecule has 3 aromatic heterocycles. The Hall–Kier alpha value is -3.71. The fourth-order valence-corrected chi connectivity index (χ4v) is 3.92. The van der Waals surface area contributed by atoms with Crippen LogP contribution in [-0.4, -0.2) is 28.8 Å². The fraction of sp³-hybridized carbons (Fsp3) is 0.0870. The van der Waals surface area contributed by atoms with Gasteiger partial charge in [-0.15, -0.1) is 11.3 Å². The van der Waals surface area contributed by atoms with E-state index >= 15 is 0 Å². The van der Waals surface area contributed by atoms with Gasteiger partial charge in [-0.3, -0.25) is 4.98 Å². The van der Waals surface area contributed by atoms with Crippen LogP contribution in [0.1, 0.15) is 11.4 Å². The highest BCUT2D eigenvalue weighted by Crippen LogP contribution is 2.39. The molecule has 1 aromatic carbocycles. The predicted molar refractivity (Wildman–Crippen MR) is 119 cm³/mol. The van der Waals surface area contributed by atoms with E-state index in [0.29, 0.717) is 5.82 Å². The maximum atomic E-state index is 5.54. The van der Waals surface area contributed by atoms with Crippen LogP contribution in [0.5, 0.6) is 11.5 Å². The van der Waals surface area contributed by atoms with Crippen LogP contribution < -0.4 is 14.4 Å². The molecule has 0 unspecified atom stereocenters. The Bertz CT molecular complexity index is 1190. The van der Waals surface area contributed by atoms with Gasteiger partial charge in [0.1, 0.15) is 5.82 Å². The minimum atomic E-state index is 0.250. The molecule has 0 fully saturated rings. The average molecular weight is 414 g/mol. The second kappa shape index (κ2) is 7.96. The van der Waals surface area contributed by atoms with E-state index in [9.17, 15) is 0 Å². The van der Waals surface area contributed by atoms with Gasteiger partial charge in [0, 0.05) is 42.3 Å². The second-order valence-electron chi connectivity index (χ2n) is 6.66. The molecule has 1 aliphatic heterocycles. The summed E-state index contributed by atoms with van der Waals surface area (Å²) in [5.41, 5.74) is 2.93. The first-order valence-electron chi connectivity index (χ1n) is 9.40. The van der Waals surface area contributed by atoms with Gasteiger partial charge in [-0.2, -0.15) is 0 Å². The molecule has 4 heterocycles. The van der Waals surface area contributed by atoms with Crippen molar-refractivity contribution in [3.05, 3.63) is 77.8 Å². The molecule has 0 aliphatic carbocycles. The fourth-order valence-electron chi connectivity index (χ4n) is 3.19. The van der Waals surface area contributed by atoms with Crippen molar-refractivity contribution in [2.75, 3.05) is 18.7 Å². The number of rotatable bonds is 5. The summed E-state index contributed by atoms with van der Waals surface area (Å²) in [4.78, 5) is 16.7. The van der Waals surface area contributed by atoms with Crippen LogP contribution in [0.3, 0.4) is 0 Å². The lowest BCUT2D eigenvalue weighted by molar-refractivity contribution is 0.174. The maximum Gasteiger partial charge on any atom is 0.231 e. The van der Waals surface area contributed by atoms with Crippen LogP contribution in [0.4, 0.5) is 11.5 Å². The third kappa shape index (κ3) is 3.62. The normalized spacial score (nSPS) is 12.4. The molecular formula is C23H18N4O2S. The summed E-state index contributed by atoms with van der Waals surface area (Å²) in [6, 6.07) is 13.9. The molecule has 0 saturated heterocycles. The Morgan fingerprint density at radius 2 is 1.97 bits per heavy atom. The summed E-state index contributed by atoms with van der Waals surface area (Å²) >= 11 is 1.66. The lowest BCUT2D eigenvalue weighted by Gasteiger charge is -2.21. The van der Waals surface area contributed by atoms with Crippen LogP contribution >= 0.6 is 11.3 Å². The molecule has 7 heteroatoms. The van der Waals surface area contributed by atoms with Crippen molar-refractivity contribution < 1.29 is 9.47 Å². The molecule has 0 bridgehead atoms. The molecule has 4 aromatic rings. The van der Waals surface area contributed by atoms with Gasteiger partial charge < -0.3 is 14.4 Å². The number of anilines is 2. The third-order valence-corrected chi connectivity index (χ3v) is 5.65. The first-order chi connectivity index (χ1) is 14.8. The van der Waals surface area contributed by atoms with E-state index in [-0.39, 0.29) is 6.79 Å². The zero-order valence-corrected chi connectivity index (χ0v) is 17.0. The second-order valence-corrected chi connectivity index (χ2v) is 7.61. The first-order valence-corrected chi connectivity index (χ1v) is 10.3. The minimum absolute atomic E-state index is 0.250. The number of hydrogen-bond acceptors (Lipinski definition) is 7.